The molecule has 0 heterocycles. The van der Waals surface area contributed by atoms with E-state index >= 15 is 0 Å². The molecule has 0 aromatic heterocycles. The summed E-state index contributed by atoms with van der Waals surface area (Å²) in [6.07, 6.45) is -0.550. The Balaban J connectivity index is 2.16. The van der Waals surface area contributed by atoms with Gasteiger partial charge in [0.25, 0.3) is 0 Å². The van der Waals surface area contributed by atoms with E-state index in [1.807, 2.05) is 18.2 Å². The predicted molar refractivity (Wildman–Crippen MR) is 105 cm³/mol. The summed E-state index contributed by atoms with van der Waals surface area (Å²) in [7, 11) is 0. The minimum absolute atomic E-state index is 0.198. The lowest BCUT2D eigenvalue weighted by molar-refractivity contribution is -0.145. The summed E-state index contributed by atoms with van der Waals surface area (Å²) in [5, 5.41) is 21.1. The topological polar surface area (TPSA) is 91.7 Å². The van der Waals surface area contributed by atoms with E-state index in [4.69, 9.17) is 0 Å². The van der Waals surface area contributed by atoms with Crippen LogP contribution >= 0.6 is 0 Å². The van der Waals surface area contributed by atoms with Gasteiger partial charge in [-0.1, -0.05) is 79.4 Å². The Hall–Kier alpha value is -3.73. The van der Waals surface area contributed by atoms with Crippen molar-refractivity contribution in [2.45, 2.75) is 11.8 Å². The van der Waals surface area contributed by atoms with Gasteiger partial charge in [-0.25, -0.2) is 4.79 Å². The number of ketones is 1. The molecular weight excluding hydrogens is 356 g/mol. The number of carboxylic acid groups (broad SMARTS) is 2. The third-order valence-corrected chi connectivity index (χ3v) is 4.92. The highest BCUT2D eigenvalue weighted by Crippen LogP contribution is 2.37. The molecule has 5 nitrogen and oxygen atoms in total. The summed E-state index contributed by atoms with van der Waals surface area (Å²) >= 11 is 0. The van der Waals surface area contributed by atoms with E-state index in [9.17, 15) is 24.6 Å². The van der Waals surface area contributed by atoms with Crippen LogP contribution in [0.15, 0.2) is 84.9 Å². The molecular formula is C23H18O5. The number of rotatable bonds is 7. The standard InChI is InChI=1S/C23H18O5/c1-15(21(25)26)23(22(27)28,17-10-3-2-4-11-17)14-20(24)19-13-7-9-16-8-5-6-12-18(16)19/h2-13H,1,14H2,(H,25,26)(H,27,28). The molecule has 2 N–H and O–H groups in total. The molecule has 3 aromatic carbocycles. The van der Waals surface area contributed by atoms with Crippen LogP contribution in [0.3, 0.4) is 0 Å². The molecule has 0 aliphatic heterocycles. The first-order valence-corrected chi connectivity index (χ1v) is 8.60. The van der Waals surface area contributed by atoms with Gasteiger partial charge in [0.1, 0.15) is 5.41 Å². The second-order valence-corrected chi connectivity index (χ2v) is 6.49. The Kier molecular flexibility index (Phi) is 5.09. The van der Waals surface area contributed by atoms with E-state index < -0.39 is 35.1 Å². The molecule has 0 aliphatic rings. The van der Waals surface area contributed by atoms with Gasteiger partial charge in [0.15, 0.2) is 5.78 Å². The van der Waals surface area contributed by atoms with Gasteiger partial charge in [-0.3, -0.25) is 9.59 Å². The lowest BCUT2D eigenvalue weighted by atomic mass is 9.70. The summed E-state index contributed by atoms with van der Waals surface area (Å²) in [5.41, 5.74) is -2.08. The Bertz CT molecular complexity index is 1080. The molecule has 3 aromatic rings. The molecule has 5 heteroatoms. The second kappa shape index (κ2) is 7.48. The fourth-order valence-electron chi connectivity index (χ4n) is 3.42. The summed E-state index contributed by atoms with van der Waals surface area (Å²) in [4.78, 5) is 37.2. The highest BCUT2D eigenvalue weighted by Gasteiger charge is 2.47. The smallest absolute Gasteiger partial charge is 0.332 e. The van der Waals surface area contributed by atoms with Crippen LogP contribution in [-0.2, 0) is 15.0 Å². The second-order valence-electron chi connectivity index (χ2n) is 6.49. The SMILES string of the molecule is C=C(C(=O)O)C(CC(=O)c1cccc2ccccc12)(C(=O)O)c1ccccc1. The zero-order chi connectivity index (χ0) is 20.3. The average Bonchev–Trinajstić information content (AvgIpc) is 2.71. The van der Waals surface area contributed by atoms with Crippen LogP contribution in [0.2, 0.25) is 0 Å². The number of hydrogen-bond acceptors (Lipinski definition) is 3. The van der Waals surface area contributed by atoms with E-state index in [1.165, 1.54) is 12.1 Å². The molecule has 0 radical (unpaired) electrons. The maximum Gasteiger partial charge on any atom is 0.332 e. The third kappa shape index (κ3) is 3.18. The van der Waals surface area contributed by atoms with Crippen LogP contribution in [0.4, 0.5) is 0 Å². The van der Waals surface area contributed by atoms with Gasteiger partial charge in [0.05, 0.1) is 5.57 Å². The number of hydrogen-bond donors (Lipinski definition) is 2. The Morgan fingerprint density at radius 1 is 0.821 bits per heavy atom. The van der Waals surface area contributed by atoms with Crippen molar-refractivity contribution in [1.29, 1.82) is 0 Å². The first-order chi connectivity index (χ1) is 13.4. The van der Waals surface area contributed by atoms with Gasteiger partial charge in [-0.15, -0.1) is 0 Å². The molecule has 0 saturated heterocycles. The Labute approximate surface area is 161 Å². The zero-order valence-corrected chi connectivity index (χ0v) is 15.0. The van der Waals surface area contributed by atoms with Crippen molar-refractivity contribution in [3.05, 3.63) is 96.1 Å². The number of Topliss-reactive ketones (excluding diaryl/α,β-unsaturated/α-hetero) is 1. The molecule has 0 fully saturated rings. The minimum atomic E-state index is -2.07. The van der Waals surface area contributed by atoms with Gasteiger partial charge < -0.3 is 10.2 Å². The van der Waals surface area contributed by atoms with E-state index in [2.05, 4.69) is 6.58 Å². The average molecular weight is 374 g/mol. The minimum Gasteiger partial charge on any atom is -0.480 e. The van der Waals surface area contributed by atoms with Gasteiger partial charge in [0.2, 0.25) is 0 Å². The molecule has 1 atom stereocenters. The summed E-state index contributed by atoms with van der Waals surface area (Å²) < 4.78 is 0. The largest absolute Gasteiger partial charge is 0.480 e. The van der Waals surface area contributed by atoms with E-state index in [0.717, 1.165) is 5.39 Å². The Morgan fingerprint density at radius 3 is 2.07 bits per heavy atom. The summed E-state index contributed by atoms with van der Waals surface area (Å²) in [6.45, 7) is 3.50. The number of carbonyl (C=O) groups excluding carboxylic acids is 1. The lowest BCUT2D eigenvalue weighted by Gasteiger charge is -2.29. The molecule has 28 heavy (non-hydrogen) atoms. The van der Waals surface area contributed by atoms with Crippen LogP contribution in [0, 0.1) is 0 Å². The van der Waals surface area contributed by atoms with Crippen molar-refractivity contribution < 1.29 is 24.6 Å². The third-order valence-electron chi connectivity index (χ3n) is 4.92. The first kappa shape index (κ1) is 19.0. The van der Waals surface area contributed by atoms with Gasteiger partial charge in [0, 0.05) is 12.0 Å². The molecule has 1 unspecified atom stereocenters. The summed E-state index contributed by atoms with van der Waals surface area (Å²) in [6, 6.07) is 20.3. The quantitative estimate of drug-likeness (QED) is 0.480. The lowest BCUT2D eigenvalue weighted by Crippen LogP contribution is -2.42. The molecule has 140 valence electrons. The molecule has 3 rings (SSSR count). The molecule has 0 bridgehead atoms. The highest BCUT2D eigenvalue weighted by atomic mass is 16.4. The normalized spacial score (nSPS) is 12.9. The monoisotopic (exact) mass is 374 g/mol. The summed E-state index contributed by atoms with van der Waals surface area (Å²) in [5.74, 6) is -3.36. The van der Waals surface area contributed by atoms with Crippen LogP contribution in [0.5, 0.6) is 0 Å². The van der Waals surface area contributed by atoms with E-state index in [-0.39, 0.29) is 5.56 Å². The number of carbonyl (C=O) groups is 3. The van der Waals surface area contributed by atoms with Crippen molar-refractivity contribution in [2.24, 2.45) is 0 Å². The molecule has 0 amide bonds. The Morgan fingerprint density at radius 2 is 1.43 bits per heavy atom. The van der Waals surface area contributed by atoms with Crippen LogP contribution in [-0.4, -0.2) is 27.9 Å². The van der Waals surface area contributed by atoms with Crippen LogP contribution in [0.25, 0.3) is 10.8 Å². The number of aliphatic carboxylic acids is 2. The fraction of sp³-hybridized carbons (Fsp3) is 0.0870. The predicted octanol–water partition coefficient (Wildman–Crippen LogP) is 4.08. The van der Waals surface area contributed by atoms with Gasteiger partial charge in [-0.05, 0) is 16.3 Å². The van der Waals surface area contributed by atoms with Crippen molar-refractivity contribution in [2.75, 3.05) is 0 Å². The van der Waals surface area contributed by atoms with Crippen LogP contribution in [0.1, 0.15) is 22.3 Å². The van der Waals surface area contributed by atoms with Crippen molar-refractivity contribution >= 4 is 28.5 Å². The van der Waals surface area contributed by atoms with Gasteiger partial charge >= 0.3 is 11.9 Å². The van der Waals surface area contributed by atoms with Gasteiger partial charge in [-0.2, -0.15) is 0 Å². The van der Waals surface area contributed by atoms with Crippen LogP contribution < -0.4 is 0 Å². The molecule has 0 saturated carbocycles. The van der Waals surface area contributed by atoms with E-state index in [0.29, 0.717) is 10.9 Å². The molecule has 0 aliphatic carbocycles. The number of carboxylic acids is 2. The zero-order valence-electron chi connectivity index (χ0n) is 15.0. The maximum atomic E-state index is 13.2. The molecule has 0 spiro atoms. The van der Waals surface area contributed by atoms with Crippen molar-refractivity contribution in [3.8, 4) is 0 Å². The van der Waals surface area contributed by atoms with E-state index in [1.54, 1.807) is 42.5 Å². The van der Waals surface area contributed by atoms with Crippen molar-refractivity contribution in [1.82, 2.24) is 0 Å². The number of benzene rings is 3. The maximum absolute atomic E-state index is 13.2. The van der Waals surface area contributed by atoms with Crippen molar-refractivity contribution in [3.63, 3.8) is 0 Å². The fourth-order valence-corrected chi connectivity index (χ4v) is 3.42. The number of fused-ring (bicyclic) bond motifs is 1. The first-order valence-electron chi connectivity index (χ1n) is 8.60. The highest BCUT2D eigenvalue weighted by molar-refractivity contribution is 6.12.